The van der Waals surface area contributed by atoms with Crippen LogP contribution in [-0.4, -0.2) is 4.98 Å². The van der Waals surface area contributed by atoms with Crippen molar-refractivity contribution in [3.63, 3.8) is 0 Å². The minimum Gasteiger partial charge on any atom is -0.244 e. The Hall–Kier alpha value is -1.40. The maximum absolute atomic E-state index is 12.6. The zero-order valence-corrected chi connectivity index (χ0v) is 10.5. The molecule has 6 heteroatoms. The van der Waals surface area contributed by atoms with Gasteiger partial charge in [0.25, 0.3) is 0 Å². The van der Waals surface area contributed by atoms with Gasteiger partial charge in [0, 0.05) is 10.4 Å². The highest BCUT2D eigenvalue weighted by molar-refractivity contribution is 7.17. The first kappa shape index (κ1) is 11.7. The van der Waals surface area contributed by atoms with E-state index in [0.29, 0.717) is 4.88 Å². The summed E-state index contributed by atoms with van der Waals surface area (Å²) in [6, 6.07) is 8.17. The topological polar surface area (TPSA) is 12.9 Å². The second-order valence-corrected chi connectivity index (χ2v) is 5.64. The quantitative estimate of drug-likeness (QED) is 0.610. The number of thiazole rings is 1. The van der Waals surface area contributed by atoms with Crippen molar-refractivity contribution < 1.29 is 13.2 Å². The van der Waals surface area contributed by atoms with E-state index in [4.69, 9.17) is 0 Å². The van der Waals surface area contributed by atoms with Crippen molar-refractivity contribution in [1.29, 1.82) is 0 Å². The Morgan fingerprint density at radius 3 is 2.61 bits per heavy atom. The standard InChI is InChI=1S/C12H6F3NS2/c13-12(14,15)10-5-4-8(18-10)7-2-1-3-9-11(7)16-6-17-9/h1-6H. The molecule has 0 atom stereocenters. The van der Waals surface area contributed by atoms with E-state index in [-0.39, 0.29) is 0 Å². The summed E-state index contributed by atoms with van der Waals surface area (Å²) in [6.45, 7) is 0. The summed E-state index contributed by atoms with van der Waals surface area (Å²) in [7, 11) is 0. The van der Waals surface area contributed by atoms with E-state index in [1.54, 1.807) is 11.6 Å². The molecule has 2 aromatic heterocycles. The molecule has 0 unspecified atom stereocenters. The number of nitrogens with zero attached hydrogens (tertiary/aromatic N) is 1. The van der Waals surface area contributed by atoms with Gasteiger partial charge in [-0.2, -0.15) is 13.2 Å². The predicted octanol–water partition coefficient (Wildman–Crippen LogP) is 5.04. The van der Waals surface area contributed by atoms with Crippen molar-refractivity contribution in [2.75, 3.05) is 0 Å². The molecule has 0 saturated heterocycles. The Morgan fingerprint density at radius 1 is 1.06 bits per heavy atom. The summed E-state index contributed by atoms with van der Waals surface area (Å²) in [5.74, 6) is 0. The minimum atomic E-state index is -4.28. The van der Waals surface area contributed by atoms with Crippen LogP contribution in [0.4, 0.5) is 13.2 Å². The van der Waals surface area contributed by atoms with Crippen molar-refractivity contribution in [3.05, 3.63) is 40.7 Å². The molecule has 3 rings (SSSR count). The Bertz CT molecular complexity index is 696. The summed E-state index contributed by atoms with van der Waals surface area (Å²) in [5, 5.41) is 0. The Labute approximate surface area is 109 Å². The van der Waals surface area contributed by atoms with Crippen LogP contribution in [-0.2, 0) is 6.18 Å². The van der Waals surface area contributed by atoms with Crippen LogP contribution in [0.25, 0.3) is 20.7 Å². The highest BCUT2D eigenvalue weighted by Gasteiger charge is 2.32. The summed E-state index contributed by atoms with van der Waals surface area (Å²) < 4.78 is 38.7. The first-order valence-corrected chi connectivity index (χ1v) is 6.75. The fourth-order valence-corrected chi connectivity index (χ4v) is 3.32. The van der Waals surface area contributed by atoms with Crippen LogP contribution in [0, 0.1) is 0 Å². The van der Waals surface area contributed by atoms with Crippen molar-refractivity contribution in [1.82, 2.24) is 4.98 Å². The van der Waals surface area contributed by atoms with Crippen molar-refractivity contribution in [3.8, 4) is 10.4 Å². The largest absolute Gasteiger partial charge is 0.425 e. The van der Waals surface area contributed by atoms with Crippen molar-refractivity contribution in [2.45, 2.75) is 6.18 Å². The van der Waals surface area contributed by atoms with Gasteiger partial charge in [-0.3, -0.25) is 0 Å². The lowest BCUT2D eigenvalue weighted by Gasteiger charge is -2.01. The minimum absolute atomic E-state index is 0.579. The third-order valence-corrected chi connectivity index (χ3v) is 4.47. The van der Waals surface area contributed by atoms with E-state index < -0.39 is 11.1 Å². The maximum Gasteiger partial charge on any atom is 0.425 e. The molecule has 0 aliphatic rings. The van der Waals surface area contributed by atoms with Crippen molar-refractivity contribution >= 4 is 32.9 Å². The molecule has 0 radical (unpaired) electrons. The molecule has 0 amide bonds. The summed E-state index contributed by atoms with van der Waals surface area (Å²) in [6.07, 6.45) is -4.28. The average Bonchev–Trinajstić information content (AvgIpc) is 2.96. The second-order valence-electron chi connectivity index (χ2n) is 3.67. The number of aromatic nitrogens is 1. The smallest absolute Gasteiger partial charge is 0.244 e. The number of fused-ring (bicyclic) bond motifs is 1. The third kappa shape index (κ3) is 1.91. The van der Waals surface area contributed by atoms with E-state index in [9.17, 15) is 13.2 Å². The highest BCUT2D eigenvalue weighted by Crippen LogP contribution is 2.40. The van der Waals surface area contributed by atoms with Crippen molar-refractivity contribution in [2.24, 2.45) is 0 Å². The molecule has 0 N–H and O–H groups in total. The van der Waals surface area contributed by atoms with Gasteiger partial charge in [0.05, 0.1) is 15.7 Å². The van der Waals surface area contributed by atoms with Crippen LogP contribution in [0.1, 0.15) is 4.88 Å². The van der Waals surface area contributed by atoms with Crippen LogP contribution in [0.3, 0.4) is 0 Å². The van der Waals surface area contributed by atoms with E-state index in [0.717, 1.165) is 33.2 Å². The average molecular weight is 285 g/mol. The lowest BCUT2D eigenvalue weighted by atomic mass is 10.1. The number of hydrogen-bond acceptors (Lipinski definition) is 3. The monoisotopic (exact) mass is 285 g/mol. The SMILES string of the molecule is FC(F)(F)c1ccc(-c2cccc3scnc23)s1. The van der Waals surface area contributed by atoms with Gasteiger partial charge >= 0.3 is 6.18 Å². The van der Waals surface area contributed by atoms with Gasteiger partial charge in [-0.25, -0.2) is 4.98 Å². The predicted molar refractivity (Wildman–Crippen MR) is 67.9 cm³/mol. The normalized spacial score (nSPS) is 12.2. The van der Waals surface area contributed by atoms with Gasteiger partial charge in [0.1, 0.15) is 4.88 Å². The number of hydrogen-bond donors (Lipinski definition) is 0. The summed E-state index contributed by atoms with van der Waals surface area (Å²) in [4.78, 5) is 4.23. The van der Waals surface area contributed by atoms with E-state index in [2.05, 4.69) is 4.98 Å². The van der Waals surface area contributed by atoms with Crippen LogP contribution in [0.5, 0.6) is 0 Å². The number of benzene rings is 1. The van der Waals surface area contributed by atoms with Gasteiger partial charge in [-0.15, -0.1) is 22.7 Å². The molecule has 0 fully saturated rings. The molecule has 0 aliphatic carbocycles. The van der Waals surface area contributed by atoms with Gasteiger partial charge in [-0.1, -0.05) is 12.1 Å². The number of alkyl halides is 3. The fraction of sp³-hybridized carbons (Fsp3) is 0.0833. The van der Waals surface area contributed by atoms with Gasteiger partial charge in [-0.05, 0) is 18.2 Å². The number of thiophene rings is 1. The Kier molecular flexibility index (Phi) is 2.64. The number of halogens is 3. The molecule has 92 valence electrons. The molecule has 1 aromatic carbocycles. The second kappa shape index (κ2) is 4.07. The van der Waals surface area contributed by atoms with Gasteiger partial charge in [0.15, 0.2) is 0 Å². The zero-order valence-electron chi connectivity index (χ0n) is 8.86. The van der Waals surface area contributed by atoms with Gasteiger partial charge in [0.2, 0.25) is 0 Å². The lowest BCUT2D eigenvalue weighted by molar-refractivity contribution is -0.134. The molecule has 1 nitrogen and oxygen atoms in total. The molecule has 0 bridgehead atoms. The van der Waals surface area contributed by atoms with Crippen LogP contribution in [0.15, 0.2) is 35.8 Å². The summed E-state index contributed by atoms with van der Waals surface area (Å²) >= 11 is 2.23. The van der Waals surface area contributed by atoms with E-state index in [1.807, 2.05) is 12.1 Å². The van der Waals surface area contributed by atoms with Gasteiger partial charge < -0.3 is 0 Å². The molecule has 0 spiro atoms. The molecule has 0 aliphatic heterocycles. The Morgan fingerprint density at radius 2 is 1.89 bits per heavy atom. The summed E-state index contributed by atoms with van der Waals surface area (Å²) in [5.41, 5.74) is 3.22. The van der Waals surface area contributed by atoms with E-state index in [1.165, 1.54) is 17.4 Å². The zero-order chi connectivity index (χ0) is 12.8. The van der Waals surface area contributed by atoms with Crippen LogP contribution >= 0.6 is 22.7 Å². The maximum atomic E-state index is 12.6. The molecular weight excluding hydrogens is 279 g/mol. The Balaban J connectivity index is 2.15. The molecule has 18 heavy (non-hydrogen) atoms. The number of rotatable bonds is 1. The molecule has 0 saturated carbocycles. The first-order chi connectivity index (χ1) is 8.55. The molecular formula is C12H6F3NS2. The van der Waals surface area contributed by atoms with Crippen LogP contribution in [0.2, 0.25) is 0 Å². The molecule has 2 heterocycles. The third-order valence-electron chi connectivity index (χ3n) is 2.51. The lowest BCUT2D eigenvalue weighted by Crippen LogP contribution is -2.00. The highest BCUT2D eigenvalue weighted by atomic mass is 32.1. The fourth-order valence-electron chi connectivity index (χ4n) is 1.72. The first-order valence-electron chi connectivity index (χ1n) is 5.05. The molecule has 3 aromatic rings. The van der Waals surface area contributed by atoms with E-state index >= 15 is 0 Å². The van der Waals surface area contributed by atoms with Crippen LogP contribution < -0.4 is 0 Å². The number of para-hydroxylation sites is 1.